The lowest BCUT2D eigenvalue weighted by Gasteiger charge is -2.05. The highest BCUT2D eigenvalue weighted by Crippen LogP contribution is 2.30. The summed E-state index contributed by atoms with van der Waals surface area (Å²) in [6, 6.07) is 5.68. The number of benzene rings is 1. The maximum atomic E-state index is 12.4. The fourth-order valence-corrected chi connectivity index (χ4v) is 2.93. The molecule has 0 saturated heterocycles. The van der Waals surface area contributed by atoms with Crippen molar-refractivity contribution in [3.8, 4) is 5.75 Å². The van der Waals surface area contributed by atoms with Crippen LogP contribution >= 0.6 is 0 Å². The standard InChI is InChI=1S/C17H21N5O4/c1-4-22-10(3)15(16(23)24-5-2)12-8-11(6-7-13(12)22)25-9-14-20-21-17(19-18)26-14/h6-8H,4-5,9,18H2,1-3H3,(H,19,21). The molecule has 9 heteroatoms. The summed E-state index contributed by atoms with van der Waals surface area (Å²) in [5, 5.41) is 8.27. The maximum Gasteiger partial charge on any atom is 0.340 e. The molecule has 0 spiro atoms. The third-order valence-corrected chi connectivity index (χ3v) is 4.04. The van der Waals surface area contributed by atoms with E-state index < -0.39 is 0 Å². The van der Waals surface area contributed by atoms with Gasteiger partial charge in [0.1, 0.15) is 5.75 Å². The largest absolute Gasteiger partial charge is 0.484 e. The van der Waals surface area contributed by atoms with Crippen LogP contribution in [0.25, 0.3) is 10.9 Å². The number of carbonyl (C=O) groups is 1. The lowest BCUT2D eigenvalue weighted by molar-refractivity contribution is 0.0527. The van der Waals surface area contributed by atoms with Crippen LogP contribution in [0.15, 0.2) is 22.6 Å². The number of fused-ring (bicyclic) bond motifs is 1. The van der Waals surface area contributed by atoms with E-state index in [0.29, 0.717) is 17.9 Å². The Bertz CT molecular complexity index is 931. The summed E-state index contributed by atoms with van der Waals surface area (Å²) in [5.41, 5.74) is 4.64. The molecule has 3 N–H and O–H groups in total. The zero-order chi connectivity index (χ0) is 18.7. The number of carbonyl (C=O) groups excluding carboxylic acids is 1. The number of nitrogen functional groups attached to an aromatic ring is 1. The number of esters is 1. The van der Waals surface area contributed by atoms with Crippen molar-refractivity contribution in [2.45, 2.75) is 33.9 Å². The lowest BCUT2D eigenvalue weighted by Crippen LogP contribution is -2.07. The highest BCUT2D eigenvalue weighted by atomic mass is 16.5. The summed E-state index contributed by atoms with van der Waals surface area (Å²) in [5.74, 6) is 5.72. The van der Waals surface area contributed by atoms with Crippen LogP contribution in [0.5, 0.6) is 5.75 Å². The molecule has 0 fully saturated rings. The van der Waals surface area contributed by atoms with Gasteiger partial charge in [-0.1, -0.05) is 5.10 Å². The quantitative estimate of drug-likeness (QED) is 0.375. The summed E-state index contributed by atoms with van der Waals surface area (Å²) in [6.45, 7) is 6.89. The van der Waals surface area contributed by atoms with Crippen LogP contribution in [0.1, 0.15) is 35.8 Å². The molecule has 26 heavy (non-hydrogen) atoms. The fraction of sp³-hybridized carbons (Fsp3) is 0.353. The number of hydrogen-bond donors (Lipinski definition) is 2. The van der Waals surface area contributed by atoms with Gasteiger partial charge >= 0.3 is 12.0 Å². The normalized spacial score (nSPS) is 10.9. The van der Waals surface area contributed by atoms with E-state index in [1.807, 2.05) is 32.0 Å². The summed E-state index contributed by atoms with van der Waals surface area (Å²) in [6.07, 6.45) is 0. The van der Waals surface area contributed by atoms with Crippen molar-refractivity contribution in [3.63, 3.8) is 0 Å². The molecule has 1 aromatic carbocycles. The molecule has 2 aromatic heterocycles. The number of nitrogens with zero attached hydrogens (tertiary/aromatic N) is 3. The number of nitrogens with one attached hydrogen (secondary N) is 1. The second-order valence-electron chi connectivity index (χ2n) is 5.54. The van der Waals surface area contributed by atoms with E-state index in [0.717, 1.165) is 23.1 Å². The van der Waals surface area contributed by atoms with E-state index in [1.165, 1.54) is 0 Å². The molecular formula is C17H21N5O4. The van der Waals surface area contributed by atoms with Gasteiger partial charge in [0.15, 0.2) is 6.61 Å². The van der Waals surface area contributed by atoms with Gasteiger partial charge in [-0.3, -0.25) is 5.43 Å². The Balaban J connectivity index is 1.93. The van der Waals surface area contributed by atoms with Crippen LogP contribution < -0.4 is 16.0 Å². The van der Waals surface area contributed by atoms with E-state index >= 15 is 0 Å². The molecular weight excluding hydrogens is 338 g/mol. The van der Waals surface area contributed by atoms with Crippen LogP contribution in [-0.2, 0) is 17.9 Å². The Labute approximate surface area is 150 Å². The van der Waals surface area contributed by atoms with Gasteiger partial charge in [0.25, 0.3) is 5.89 Å². The predicted octanol–water partition coefficient (Wildman–Crippen LogP) is 2.39. The predicted molar refractivity (Wildman–Crippen MR) is 94.7 cm³/mol. The monoisotopic (exact) mass is 359 g/mol. The van der Waals surface area contributed by atoms with Crippen molar-refractivity contribution in [2.75, 3.05) is 12.0 Å². The van der Waals surface area contributed by atoms with E-state index in [4.69, 9.17) is 19.7 Å². The molecule has 3 aromatic rings. The average molecular weight is 359 g/mol. The SMILES string of the molecule is CCOC(=O)c1c(C)n(CC)c2ccc(OCc3nnc(NN)o3)cc12. The maximum absolute atomic E-state index is 12.4. The molecule has 0 saturated carbocycles. The minimum Gasteiger partial charge on any atom is -0.484 e. The van der Waals surface area contributed by atoms with Gasteiger partial charge in [-0.05, 0) is 39.0 Å². The van der Waals surface area contributed by atoms with Crippen LogP contribution in [0.4, 0.5) is 6.01 Å². The molecule has 0 bridgehead atoms. The van der Waals surface area contributed by atoms with Crippen LogP contribution in [0.2, 0.25) is 0 Å². The average Bonchev–Trinajstić information content (AvgIpc) is 3.21. The molecule has 0 aliphatic rings. The number of ether oxygens (including phenoxy) is 2. The molecule has 0 atom stereocenters. The Hall–Kier alpha value is -3.07. The number of rotatable bonds is 7. The first kappa shape index (κ1) is 17.7. The third-order valence-electron chi connectivity index (χ3n) is 4.04. The minimum atomic E-state index is -0.338. The summed E-state index contributed by atoms with van der Waals surface area (Å²) >= 11 is 0. The van der Waals surface area contributed by atoms with Crippen molar-refractivity contribution >= 4 is 22.9 Å². The van der Waals surface area contributed by atoms with Crippen molar-refractivity contribution in [1.82, 2.24) is 14.8 Å². The summed E-state index contributed by atoms with van der Waals surface area (Å²) in [7, 11) is 0. The first-order valence-corrected chi connectivity index (χ1v) is 8.30. The molecule has 9 nitrogen and oxygen atoms in total. The van der Waals surface area contributed by atoms with Crippen molar-refractivity contribution in [1.29, 1.82) is 0 Å². The third kappa shape index (κ3) is 3.21. The topological polar surface area (TPSA) is 117 Å². The first-order chi connectivity index (χ1) is 12.6. The summed E-state index contributed by atoms with van der Waals surface area (Å²) in [4.78, 5) is 12.4. The number of nitrogens with two attached hydrogens (primary N) is 1. The highest BCUT2D eigenvalue weighted by molar-refractivity contribution is 6.06. The number of anilines is 1. The van der Waals surface area contributed by atoms with Gasteiger partial charge in [0.05, 0.1) is 12.2 Å². The summed E-state index contributed by atoms with van der Waals surface area (Å²) < 4.78 is 18.2. The zero-order valence-electron chi connectivity index (χ0n) is 14.9. The molecule has 0 radical (unpaired) electrons. The Kier molecular flexibility index (Phi) is 5.08. The number of hydrogen-bond acceptors (Lipinski definition) is 8. The van der Waals surface area contributed by atoms with Gasteiger partial charge in [-0.2, -0.15) is 0 Å². The fourth-order valence-electron chi connectivity index (χ4n) is 2.93. The van der Waals surface area contributed by atoms with Crippen LogP contribution in [0.3, 0.4) is 0 Å². The molecule has 3 rings (SSSR count). The van der Waals surface area contributed by atoms with Crippen molar-refractivity contribution in [3.05, 3.63) is 35.3 Å². The number of aromatic nitrogens is 3. The molecule has 0 amide bonds. The number of hydrazine groups is 1. The Morgan fingerprint density at radius 2 is 2.15 bits per heavy atom. The van der Waals surface area contributed by atoms with Gasteiger partial charge in [0.2, 0.25) is 0 Å². The van der Waals surface area contributed by atoms with Crippen molar-refractivity contribution < 1.29 is 18.7 Å². The van der Waals surface area contributed by atoms with Gasteiger partial charge in [-0.15, -0.1) is 5.10 Å². The second kappa shape index (κ2) is 7.44. The second-order valence-corrected chi connectivity index (χ2v) is 5.54. The van der Waals surface area contributed by atoms with Gasteiger partial charge in [-0.25, -0.2) is 10.6 Å². The Morgan fingerprint density at radius 1 is 1.35 bits per heavy atom. The van der Waals surface area contributed by atoms with E-state index in [9.17, 15) is 4.79 Å². The molecule has 138 valence electrons. The lowest BCUT2D eigenvalue weighted by atomic mass is 10.1. The smallest absolute Gasteiger partial charge is 0.340 e. The molecule has 0 aliphatic heterocycles. The Morgan fingerprint density at radius 3 is 2.81 bits per heavy atom. The van der Waals surface area contributed by atoms with Gasteiger partial charge in [0, 0.05) is 23.1 Å². The molecule has 2 heterocycles. The highest BCUT2D eigenvalue weighted by Gasteiger charge is 2.21. The molecule has 0 aliphatic carbocycles. The zero-order valence-corrected chi connectivity index (χ0v) is 14.9. The van der Waals surface area contributed by atoms with E-state index in [-0.39, 0.29) is 24.5 Å². The van der Waals surface area contributed by atoms with E-state index in [2.05, 4.69) is 20.2 Å². The van der Waals surface area contributed by atoms with E-state index in [1.54, 1.807) is 6.92 Å². The minimum absolute atomic E-state index is 0.0857. The van der Waals surface area contributed by atoms with Crippen LogP contribution in [-0.4, -0.2) is 27.3 Å². The van der Waals surface area contributed by atoms with Gasteiger partial charge < -0.3 is 18.5 Å². The first-order valence-electron chi connectivity index (χ1n) is 8.30. The van der Waals surface area contributed by atoms with Crippen molar-refractivity contribution in [2.24, 2.45) is 5.84 Å². The molecule has 0 unspecified atom stereocenters. The number of aryl methyl sites for hydroxylation is 1. The van der Waals surface area contributed by atoms with Crippen LogP contribution in [0, 0.1) is 6.92 Å².